The summed E-state index contributed by atoms with van der Waals surface area (Å²) >= 11 is 0. The quantitative estimate of drug-likeness (QED) is 0.840. The molecule has 2 N–H and O–H groups in total. The van der Waals surface area contributed by atoms with Crippen LogP contribution in [0.5, 0.6) is 5.75 Å². The zero-order chi connectivity index (χ0) is 15.1. The molecule has 0 bridgehead atoms. The van der Waals surface area contributed by atoms with Gasteiger partial charge in [0.1, 0.15) is 5.75 Å². The minimum atomic E-state index is 0.485. The Labute approximate surface area is 128 Å². The van der Waals surface area contributed by atoms with E-state index in [1.165, 1.54) is 24.1 Å². The molecule has 1 aliphatic heterocycles. The lowest BCUT2D eigenvalue weighted by Crippen LogP contribution is -2.27. The highest BCUT2D eigenvalue weighted by molar-refractivity contribution is 5.37. The van der Waals surface area contributed by atoms with Crippen LogP contribution in [-0.4, -0.2) is 44.2 Å². The van der Waals surface area contributed by atoms with Crippen molar-refractivity contribution in [1.82, 2.24) is 15.5 Å². The van der Waals surface area contributed by atoms with Gasteiger partial charge in [0.25, 0.3) is 0 Å². The van der Waals surface area contributed by atoms with Crippen molar-refractivity contribution in [2.75, 3.05) is 33.3 Å². The normalized spacial score (nSPS) is 17.0. The van der Waals surface area contributed by atoms with E-state index in [-0.39, 0.29) is 0 Å². The maximum atomic E-state index is 5.56. The van der Waals surface area contributed by atoms with Gasteiger partial charge in [-0.1, -0.05) is 26.0 Å². The summed E-state index contributed by atoms with van der Waals surface area (Å²) < 4.78 is 5.56. The van der Waals surface area contributed by atoms with E-state index in [0.29, 0.717) is 6.04 Å². The van der Waals surface area contributed by atoms with Crippen molar-refractivity contribution in [3.63, 3.8) is 0 Å². The van der Waals surface area contributed by atoms with E-state index in [9.17, 15) is 0 Å². The van der Waals surface area contributed by atoms with E-state index < -0.39 is 0 Å². The van der Waals surface area contributed by atoms with Crippen LogP contribution < -0.4 is 15.4 Å². The second kappa shape index (κ2) is 8.37. The van der Waals surface area contributed by atoms with Gasteiger partial charge in [0.05, 0.1) is 7.11 Å². The van der Waals surface area contributed by atoms with Gasteiger partial charge in [-0.25, -0.2) is 0 Å². The first-order chi connectivity index (χ1) is 10.2. The zero-order valence-corrected chi connectivity index (χ0v) is 13.6. The first-order valence-electron chi connectivity index (χ1n) is 8.01. The van der Waals surface area contributed by atoms with Crippen LogP contribution in [0.15, 0.2) is 18.2 Å². The summed E-state index contributed by atoms with van der Waals surface area (Å²) in [6.07, 6.45) is 1.23. The molecule has 1 saturated heterocycles. The molecule has 1 aromatic rings. The topological polar surface area (TPSA) is 36.5 Å². The molecular formula is C17H29N3O. The number of hydrogen-bond acceptors (Lipinski definition) is 4. The van der Waals surface area contributed by atoms with Crippen molar-refractivity contribution in [2.45, 2.75) is 39.4 Å². The van der Waals surface area contributed by atoms with Gasteiger partial charge in [0, 0.05) is 37.8 Å². The smallest absolute Gasteiger partial charge is 0.123 e. The molecule has 0 spiro atoms. The lowest BCUT2D eigenvalue weighted by atomic mass is 10.1. The van der Waals surface area contributed by atoms with Gasteiger partial charge in [0.2, 0.25) is 0 Å². The predicted molar refractivity (Wildman–Crippen MR) is 87.7 cm³/mol. The molecule has 1 fully saturated rings. The second-order valence-electron chi connectivity index (χ2n) is 6.06. The van der Waals surface area contributed by atoms with E-state index in [2.05, 4.69) is 47.6 Å². The third-order valence-electron chi connectivity index (χ3n) is 3.89. The molecule has 21 heavy (non-hydrogen) atoms. The fraction of sp³-hybridized carbons (Fsp3) is 0.647. The van der Waals surface area contributed by atoms with Gasteiger partial charge >= 0.3 is 0 Å². The molecule has 4 nitrogen and oxygen atoms in total. The van der Waals surface area contributed by atoms with Gasteiger partial charge in [-0.15, -0.1) is 0 Å². The summed E-state index contributed by atoms with van der Waals surface area (Å²) in [5.74, 6) is 0.994. The molecule has 0 aromatic heterocycles. The van der Waals surface area contributed by atoms with Crippen LogP contribution in [0.4, 0.5) is 0 Å². The van der Waals surface area contributed by atoms with Crippen molar-refractivity contribution in [3.8, 4) is 5.75 Å². The van der Waals surface area contributed by atoms with Crippen LogP contribution in [0, 0.1) is 0 Å². The molecule has 0 amide bonds. The van der Waals surface area contributed by atoms with Gasteiger partial charge in [0.15, 0.2) is 0 Å². The average molecular weight is 291 g/mol. The van der Waals surface area contributed by atoms with Crippen LogP contribution in [0.1, 0.15) is 31.4 Å². The first-order valence-corrected chi connectivity index (χ1v) is 8.01. The van der Waals surface area contributed by atoms with Crippen molar-refractivity contribution < 1.29 is 4.74 Å². The molecule has 0 aliphatic carbocycles. The SMILES string of the molecule is COc1cc(CN2CCCNCC2)ccc1CNC(C)C. The third kappa shape index (κ3) is 5.30. The molecule has 2 rings (SSSR count). The highest BCUT2D eigenvalue weighted by Crippen LogP contribution is 2.21. The summed E-state index contributed by atoms with van der Waals surface area (Å²) in [5.41, 5.74) is 2.56. The van der Waals surface area contributed by atoms with Crippen LogP contribution in [-0.2, 0) is 13.1 Å². The molecule has 1 heterocycles. The number of nitrogens with one attached hydrogen (secondary N) is 2. The molecule has 0 unspecified atom stereocenters. The number of ether oxygens (including phenoxy) is 1. The van der Waals surface area contributed by atoms with E-state index in [1.54, 1.807) is 7.11 Å². The van der Waals surface area contributed by atoms with Gasteiger partial charge < -0.3 is 15.4 Å². The lowest BCUT2D eigenvalue weighted by Gasteiger charge is -2.20. The second-order valence-corrected chi connectivity index (χ2v) is 6.06. The van der Waals surface area contributed by atoms with Gasteiger partial charge in [-0.3, -0.25) is 4.90 Å². The van der Waals surface area contributed by atoms with E-state index in [1.807, 2.05) is 0 Å². The maximum absolute atomic E-state index is 5.56. The Morgan fingerprint density at radius 3 is 2.90 bits per heavy atom. The molecular weight excluding hydrogens is 262 g/mol. The summed E-state index contributed by atoms with van der Waals surface area (Å²) in [4.78, 5) is 2.51. The number of benzene rings is 1. The molecule has 0 radical (unpaired) electrons. The van der Waals surface area contributed by atoms with E-state index in [4.69, 9.17) is 4.74 Å². The zero-order valence-electron chi connectivity index (χ0n) is 13.6. The minimum Gasteiger partial charge on any atom is -0.496 e. The average Bonchev–Trinajstić information content (AvgIpc) is 2.74. The Balaban J connectivity index is 2.00. The predicted octanol–water partition coefficient (Wildman–Crippen LogP) is 1.99. The fourth-order valence-corrected chi connectivity index (χ4v) is 2.67. The highest BCUT2D eigenvalue weighted by atomic mass is 16.5. The number of hydrogen-bond donors (Lipinski definition) is 2. The molecule has 118 valence electrons. The number of rotatable bonds is 6. The highest BCUT2D eigenvalue weighted by Gasteiger charge is 2.11. The summed E-state index contributed by atoms with van der Waals surface area (Å²) in [7, 11) is 1.76. The lowest BCUT2D eigenvalue weighted by molar-refractivity contribution is 0.284. The van der Waals surface area contributed by atoms with E-state index in [0.717, 1.165) is 38.5 Å². The monoisotopic (exact) mass is 291 g/mol. The van der Waals surface area contributed by atoms with E-state index >= 15 is 0 Å². The molecule has 4 heteroatoms. The summed E-state index contributed by atoms with van der Waals surface area (Å²) in [6, 6.07) is 7.10. The Morgan fingerprint density at radius 2 is 2.14 bits per heavy atom. The van der Waals surface area contributed by atoms with Crippen LogP contribution >= 0.6 is 0 Å². The number of nitrogens with zero attached hydrogens (tertiary/aromatic N) is 1. The standard InChI is InChI=1S/C17H29N3O/c1-14(2)19-12-16-6-5-15(11-17(16)21-3)13-20-9-4-7-18-8-10-20/h5-6,11,14,18-19H,4,7-10,12-13H2,1-3H3. The molecule has 0 saturated carbocycles. The Hall–Kier alpha value is -1.10. The van der Waals surface area contributed by atoms with Crippen LogP contribution in [0.25, 0.3) is 0 Å². The fourth-order valence-electron chi connectivity index (χ4n) is 2.67. The Morgan fingerprint density at radius 1 is 1.29 bits per heavy atom. The third-order valence-corrected chi connectivity index (χ3v) is 3.89. The molecule has 0 atom stereocenters. The van der Waals surface area contributed by atoms with Crippen molar-refractivity contribution in [3.05, 3.63) is 29.3 Å². The minimum absolute atomic E-state index is 0.485. The van der Waals surface area contributed by atoms with Crippen molar-refractivity contribution in [2.24, 2.45) is 0 Å². The Bertz CT molecular complexity index is 426. The number of methoxy groups -OCH3 is 1. The Kier molecular flexibility index (Phi) is 6.49. The first kappa shape index (κ1) is 16.3. The van der Waals surface area contributed by atoms with Gasteiger partial charge in [-0.2, -0.15) is 0 Å². The summed E-state index contributed by atoms with van der Waals surface area (Å²) in [6.45, 7) is 10.7. The molecule has 1 aliphatic rings. The van der Waals surface area contributed by atoms with Crippen LogP contribution in [0.3, 0.4) is 0 Å². The van der Waals surface area contributed by atoms with Crippen molar-refractivity contribution >= 4 is 0 Å². The van der Waals surface area contributed by atoms with Crippen molar-refractivity contribution in [1.29, 1.82) is 0 Å². The molecule has 1 aromatic carbocycles. The largest absolute Gasteiger partial charge is 0.496 e. The van der Waals surface area contributed by atoms with Gasteiger partial charge in [-0.05, 0) is 31.1 Å². The summed E-state index contributed by atoms with van der Waals surface area (Å²) in [5, 5.41) is 6.89. The maximum Gasteiger partial charge on any atom is 0.123 e. The van der Waals surface area contributed by atoms with Crippen LogP contribution in [0.2, 0.25) is 0 Å².